The Morgan fingerprint density at radius 2 is 1.91 bits per heavy atom. The molecular weight excluding hydrogens is 470 g/mol. The summed E-state index contributed by atoms with van der Waals surface area (Å²) in [6, 6.07) is 3.96. The summed E-state index contributed by atoms with van der Waals surface area (Å²) in [7, 11) is 0. The SMILES string of the molecule is Cc1ccc2nc(N3CCN(CCO)CC3)c(/C=C3\SC(=S)N(C4CCCC4)C3=O)c(=O)n2c1. The van der Waals surface area contributed by atoms with Crippen molar-refractivity contribution in [2.45, 2.75) is 38.6 Å². The Balaban J connectivity index is 1.56. The molecule has 0 atom stereocenters. The first-order valence-electron chi connectivity index (χ1n) is 11.8. The van der Waals surface area contributed by atoms with Gasteiger partial charge in [0.25, 0.3) is 11.5 Å². The topological polar surface area (TPSA) is 81.4 Å². The summed E-state index contributed by atoms with van der Waals surface area (Å²) >= 11 is 6.84. The first-order chi connectivity index (χ1) is 16.5. The molecule has 34 heavy (non-hydrogen) atoms. The van der Waals surface area contributed by atoms with Crippen LogP contribution in [0.2, 0.25) is 0 Å². The molecule has 0 aromatic carbocycles. The van der Waals surface area contributed by atoms with Gasteiger partial charge in [-0.1, -0.05) is 42.9 Å². The minimum atomic E-state index is -0.187. The van der Waals surface area contributed by atoms with Gasteiger partial charge in [0, 0.05) is 45.0 Å². The number of pyridine rings is 1. The monoisotopic (exact) mass is 499 g/mol. The molecule has 5 rings (SSSR count). The highest BCUT2D eigenvalue weighted by molar-refractivity contribution is 8.26. The second kappa shape index (κ2) is 9.77. The molecule has 8 nitrogen and oxygen atoms in total. The number of rotatable bonds is 5. The summed E-state index contributed by atoms with van der Waals surface area (Å²) in [4.78, 5) is 38.4. The summed E-state index contributed by atoms with van der Waals surface area (Å²) < 4.78 is 2.14. The van der Waals surface area contributed by atoms with Gasteiger partial charge in [-0.3, -0.25) is 23.8 Å². The van der Waals surface area contributed by atoms with E-state index < -0.39 is 0 Å². The second-order valence-electron chi connectivity index (χ2n) is 9.13. The Morgan fingerprint density at radius 1 is 1.18 bits per heavy atom. The van der Waals surface area contributed by atoms with Crippen LogP contribution in [0.25, 0.3) is 11.7 Å². The minimum Gasteiger partial charge on any atom is -0.395 e. The molecular formula is C24H29N5O3S2. The summed E-state index contributed by atoms with van der Waals surface area (Å²) in [6.45, 7) is 5.64. The van der Waals surface area contributed by atoms with Crippen LogP contribution in [0.1, 0.15) is 36.8 Å². The second-order valence-corrected chi connectivity index (χ2v) is 10.8. The first kappa shape index (κ1) is 23.5. The standard InChI is InChI=1S/C24H29N5O3S2/c1-16-6-7-20-25-21(27-10-8-26(9-11-27)12-13-30)18(22(31)28(20)15-16)14-19-23(32)29(24(33)34-19)17-4-2-3-5-17/h6-7,14-15,17,30H,2-5,8-13H2,1H3/b19-14-. The molecule has 2 aromatic rings. The molecule has 2 aromatic heterocycles. The highest BCUT2D eigenvalue weighted by Gasteiger charge is 2.38. The quantitative estimate of drug-likeness (QED) is 0.496. The molecule has 1 N–H and O–H groups in total. The van der Waals surface area contributed by atoms with Crippen LogP contribution in [0, 0.1) is 6.92 Å². The fraction of sp³-hybridized carbons (Fsp3) is 0.500. The summed E-state index contributed by atoms with van der Waals surface area (Å²) in [5.74, 6) is 0.498. The Labute approximate surface area is 208 Å². The predicted octanol–water partition coefficient (Wildman–Crippen LogP) is 2.26. The molecule has 1 saturated carbocycles. The third-order valence-electron chi connectivity index (χ3n) is 6.86. The Kier molecular flexibility index (Phi) is 6.74. The number of amides is 1. The maximum absolute atomic E-state index is 13.7. The van der Waals surface area contributed by atoms with Gasteiger partial charge in [-0.2, -0.15) is 0 Å². The zero-order valence-corrected chi connectivity index (χ0v) is 20.9. The number of hydrogen-bond donors (Lipinski definition) is 1. The van der Waals surface area contributed by atoms with Crippen LogP contribution >= 0.6 is 24.0 Å². The van der Waals surface area contributed by atoms with E-state index in [2.05, 4.69) is 9.80 Å². The molecule has 180 valence electrons. The van der Waals surface area contributed by atoms with Crippen LogP contribution in [0.4, 0.5) is 5.82 Å². The van der Waals surface area contributed by atoms with Crippen LogP contribution in [-0.4, -0.2) is 79.9 Å². The molecule has 0 bridgehead atoms. The van der Waals surface area contributed by atoms with E-state index in [0.717, 1.165) is 44.3 Å². The summed E-state index contributed by atoms with van der Waals surface area (Å²) in [5.41, 5.74) is 1.78. The Hall–Kier alpha value is -2.27. The van der Waals surface area contributed by atoms with Gasteiger partial charge in [0.2, 0.25) is 0 Å². The van der Waals surface area contributed by atoms with Gasteiger partial charge in [0.05, 0.1) is 17.1 Å². The Morgan fingerprint density at radius 3 is 2.62 bits per heavy atom. The minimum absolute atomic E-state index is 0.102. The molecule has 0 radical (unpaired) electrons. The number of aliphatic hydroxyl groups is 1. The number of thioether (sulfide) groups is 1. The van der Waals surface area contributed by atoms with Crippen molar-refractivity contribution in [2.75, 3.05) is 44.2 Å². The Bertz CT molecular complexity index is 1210. The molecule has 4 heterocycles. The molecule has 1 aliphatic carbocycles. The number of nitrogens with zero attached hydrogens (tertiary/aromatic N) is 5. The van der Waals surface area contributed by atoms with Crippen molar-refractivity contribution < 1.29 is 9.90 Å². The third kappa shape index (κ3) is 4.39. The normalized spacial score (nSPS) is 21.5. The fourth-order valence-electron chi connectivity index (χ4n) is 5.03. The van der Waals surface area contributed by atoms with E-state index >= 15 is 0 Å². The van der Waals surface area contributed by atoms with E-state index in [9.17, 15) is 14.7 Å². The van der Waals surface area contributed by atoms with Gasteiger partial charge in [0.1, 0.15) is 15.8 Å². The molecule has 1 amide bonds. The van der Waals surface area contributed by atoms with E-state index in [4.69, 9.17) is 17.2 Å². The molecule has 2 aliphatic heterocycles. The van der Waals surface area contributed by atoms with Crippen molar-refractivity contribution >= 4 is 51.7 Å². The number of aromatic nitrogens is 2. The lowest BCUT2D eigenvalue weighted by molar-refractivity contribution is -0.123. The van der Waals surface area contributed by atoms with Crippen molar-refractivity contribution in [3.8, 4) is 0 Å². The van der Waals surface area contributed by atoms with Crippen LogP contribution in [0.5, 0.6) is 0 Å². The third-order valence-corrected chi connectivity index (χ3v) is 8.19. The van der Waals surface area contributed by atoms with E-state index in [1.807, 2.05) is 19.1 Å². The smallest absolute Gasteiger partial charge is 0.267 e. The van der Waals surface area contributed by atoms with Crippen LogP contribution < -0.4 is 10.5 Å². The number of aliphatic hydroxyl groups excluding tert-OH is 1. The van der Waals surface area contributed by atoms with Crippen molar-refractivity contribution in [3.63, 3.8) is 0 Å². The van der Waals surface area contributed by atoms with Gasteiger partial charge < -0.3 is 10.0 Å². The van der Waals surface area contributed by atoms with Crippen molar-refractivity contribution in [1.82, 2.24) is 19.2 Å². The number of carbonyl (C=O) groups excluding carboxylic acids is 1. The molecule has 10 heteroatoms. The molecule has 2 saturated heterocycles. The van der Waals surface area contributed by atoms with E-state index in [1.54, 1.807) is 21.6 Å². The van der Waals surface area contributed by atoms with E-state index in [-0.39, 0.29) is 24.1 Å². The lowest BCUT2D eigenvalue weighted by atomic mass is 10.2. The average Bonchev–Trinajstić information content (AvgIpc) is 3.44. The van der Waals surface area contributed by atoms with E-state index in [1.165, 1.54) is 11.8 Å². The predicted molar refractivity (Wildman–Crippen MR) is 139 cm³/mol. The highest BCUT2D eigenvalue weighted by atomic mass is 32.2. The largest absolute Gasteiger partial charge is 0.395 e. The van der Waals surface area contributed by atoms with Crippen LogP contribution in [0.15, 0.2) is 28.0 Å². The number of hydrogen-bond acceptors (Lipinski definition) is 8. The van der Waals surface area contributed by atoms with Gasteiger partial charge in [0.15, 0.2) is 0 Å². The summed E-state index contributed by atoms with van der Waals surface area (Å²) in [6.07, 6.45) is 7.67. The van der Waals surface area contributed by atoms with Crippen LogP contribution in [-0.2, 0) is 4.79 Å². The molecule has 3 fully saturated rings. The zero-order valence-electron chi connectivity index (χ0n) is 19.3. The van der Waals surface area contributed by atoms with Crippen molar-refractivity contribution in [2.24, 2.45) is 0 Å². The van der Waals surface area contributed by atoms with Crippen LogP contribution in [0.3, 0.4) is 0 Å². The fourth-order valence-corrected chi connectivity index (χ4v) is 6.41. The number of thiocarbonyl (C=S) groups is 1. The van der Waals surface area contributed by atoms with E-state index in [0.29, 0.717) is 45.9 Å². The molecule has 0 spiro atoms. The molecule has 0 unspecified atom stereocenters. The highest BCUT2D eigenvalue weighted by Crippen LogP contribution is 2.38. The van der Waals surface area contributed by atoms with Gasteiger partial charge in [-0.05, 0) is 37.5 Å². The first-order valence-corrected chi connectivity index (χ1v) is 13.1. The maximum atomic E-state index is 13.7. The number of carbonyl (C=O) groups is 1. The lowest BCUT2D eigenvalue weighted by Crippen LogP contribution is -2.48. The number of aryl methyl sites for hydroxylation is 1. The number of piperazine rings is 1. The lowest BCUT2D eigenvalue weighted by Gasteiger charge is -2.35. The van der Waals surface area contributed by atoms with Gasteiger partial charge in [-0.25, -0.2) is 4.98 Å². The maximum Gasteiger partial charge on any atom is 0.267 e. The van der Waals surface area contributed by atoms with Crippen molar-refractivity contribution in [3.05, 3.63) is 44.7 Å². The number of anilines is 1. The van der Waals surface area contributed by atoms with Gasteiger partial charge >= 0.3 is 0 Å². The number of fused-ring (bicyclic) bond motifs is 1. The zero-order chi connectivity index (χ0) is 23.8. The van der Waals surface area contributed by atoms with Crippen molar-refractivity contribution in [1.29, 1.82) is 0 Å². The van der Waals surface area contributed by atoms with Gasteiger partial charge in [-0.15, -0.1) is 0 Å². The number of β-amino-alcohol motifs (C(OH)–C–C–N with tert-alkyl or cyclic N) is 1. The summed E-state index contributed by atoms with van der Waals surface area (Å²) in [5, 5.41) is 9.26. The molecule has 3 aliphatic rings. The average molecular weight is 500 g/mol.